The summed E-state index contributed by atoms with van der Waals surface area (Å²) in [6, 6.07) is 19.3. The van der Waals surface area contributed by atoms with Gasteiger partial charge in [0.05, 0.1) is 24.9 Å². The molecule has 0 spiro atoms. The molecule has 5 rings (SSSR count). The highest BCUT2D eigenvalue weighted by Gasteiger charge is 2.24. The molecule has 0 fully saturated rings. The summed E-state index contributed by atoms with van der Waals surface area (Å²) in [6.07, 6.45) is 3.68. The zero-order valence-corrected chi connectivity index (χ0v) is 20.4. The van der Waals surface area contributed by atoms with Crippen molar-refractivity contribution in [3.8, 4) is 17.0 Å². The highest BCUT2D eigenvalue weighted by Crippen LogP contribution is 2.39. The van der Waals surface area contributed by atoms with E-state index in [0.29, 0.717) is 17.7 Å². The lowest BCUT2D eigenvalue weighted by molar-refractivity contribution is -0.115. The number of fused-ring (bicyclic) bond motifs is 5. The third-order valence-corrected chi connectivity index (χ3v) is 6.50. The predicted octanol–water partition coefficient (Wildman–Crippen LogP) is 6.53. The first-order valence-corrected chi connectivity index (χ1v) is 11.7. The number of allylic oxidation sites excluding steroid dienone is 1. The van der Waals surface area contributed by atoms with Crippen molar-refractivity contribution in [2.24, 2.45) is 0 Å². The minimum atomic E-state index is -0.0862. The van der Waals surface area contributed by atoms with Gasteiger partial charge >= 0.3 is 0 Å². The quantitative estimate of drug-likeness (QED) is 0.266. The molecule has 176 valence electrons. The number of nitrogens with one attached hydrogen (secondary N) is 2. The van der Waals surface area contributed by atoms with Crippen LogP contribution in [0.5, 0.6) is 5.75 Å². The van der Waals surface area contributed by atoms with E-state index >= 15 is 0 Å². The standard InChI is InChI=1S/C30H28N2O3/c1-30(2,3)20-9-13-25-22(16-20)23-17-28(34)31-26-12-5-18(15-24(26)29(23)32-25)6-14-27(33)19-7-10-21(35-4)11-8-19/h5-16,32H,17H2,1-4H3,(H,31,34)/b14-6+. The first-order valence-electron chi connectivity index (χ1n) is 11.7. The second kappa shape index (κ2) is 8.58. The minimum Gasteiger partial charge on any atom is -0.497 e. The van der Waals surface area contributed by atoms with E-state index in [9.17, 15) is 9.59 Å². The van der Waals surface area contributed by atoms with E-state index in [1.54, 1.807) is 43.5 Å². The molecular formula is C30H28N2O3. The Kier molecular flexibility index (Phi) is 5.56. The maximum absolute atomic E-state index is 12.7. The van der Waals surface area contributed by atoms with Gasteiger partial charge < -0.3 is 15.0 Å². The Morgan fingerprint density at radius 1 is 1.00 bits per heavy atom. The Hall–Kier alpha value is -4.12. The number of methoxy groups -OCH3 is 1. The molecule has 1 amide bonds. The summed E-state index contributed by atoms with van der Waals surface area (Å²) in [5, 5.41) is 4.11. The van der Waals surface area contributed by atoms with Gasteiger partial charge in [-0.25, -0.2) is 0 Å². The number of carbonyl (C=O) groups is 2. The summed E-state index contributed by atoms with van der Waals surface area (Å²) in [7, 11) is 1.60. The number of aromatic amines is 1. The number of ether oxygens (including phenoxy) is 1. The van der Waals surface area contributed by atoms with Crippen molar-refractivity contribution < 1.29 is 14.3 Å². The van der Waals surface area contributed by atoms with Crippen LogP contribution in [0.25, 0.3) is 28.2 Å². The number of aromatic nitrogens is 1. The zero-order valence-electron chi connectivity index (χ0n) is 20.4. The summed E-state index contributed by atoms with van der Waals surface area (Å²) in [5.41, 5.74) is 7.34. The maximum Gasteiger partial charge on any atom is 0.228 e. The molecule has 0 atom stereocenters. The van der Waals surface area contributed by atoms with Crippen LogP contribution in [0, 0.1) is 0 Å². The van der Waals surface area contributed by atoms with E-state index in [1.165, 1.54) is 5.56 Å². The lowest BCUT2D eigenvalue weighted by Crippen LogP contribution is -2.13. The van der Waals surface area contributed by atoms with Gasteiger partial charge in [0.2, 0.25) is 5.91 Å². The normalized spacial score (nSPS) is 13.3. The van der Waals surface area contributed by atoms with Crippen LogP contribution in [0.2, 0.25) is 0 Å². The lowest BCUT2D eigenvalue weighted by atomic mass is 9.86. The number of hydrogen-bond donors (Lipinski definition) is 2. The molecule has 1 aromatic heterocycles. The van der Waals surface area contributed by atoms with Gasteiger partial charge in [0.25, 0.3) is 0 Å². The molecule has 5 heteroatoms. The topological polar surface area (TPSA) is 71.2 Å². The first kappa shape index (κ1) is 22.7. The van der Waals surface area contributed by atoms with Crippen molar-refractivity contribution in [2.45, 2.75) is 32.6 Å². The van der Waals surface area contributed by atoms with E-state index in [4.69, 9.17) is 4.74 Å². The van der Waals surface area contributed by atoms with Gasteiger partial charge in [-0.2, -0.15) is 0 Å². The zero-order chi connectivity index (χ0) is 24.7. The van der Waals surface area contributed by atoms with Crippen molar-refractivity contribution >= 4 is 34.4 Å². The largest absolute Gasteiger partial charge is 0.497 e. The summed E-state index contributed by atoms with van der Waals surface area (Å²) >= 11 is 0. The summed E-state index contributed by atoms with van der Waals surface area (Å²) in [4.78, 5) is 28.9. The maximum atomic E-state index is 12.7. The predicted molar refractivity (Wildman–Crippen MR) is 141 cm³/mol. The van der Waals surface area contributed by atoms with E-state index < -0.39 is 0 Å². The number of anilines is 1. The van der Waals surface area contributed by atoms with Crippen LogP contribution in [0.1, 0.15) is 47.8 Å². The fraction of sp³-hybridized carbons (Fsp3) is 0.200. The number of hydrogen-bond acceptors (Lipinski definition) is 3. The Morgan fingerprint density at radius 3 is 2.49 bits per heavy atom. The molecule has 35 heavy (non-hydrogen) atoms. The highest BCUT2D eigenvalue weighted by molar-refractivity contribution is 6.08. The number of ketones is 1. The van der Waals surface area contributed by atoms with Crippen molar-refractivity contribution in [3.63, 3.8) is 0 Å². The Morgan fingerprint density at radius 2 is 1.77 bits per heavy atom. The van der Waals surface area contributed by atoms with Crippen LogP contribution in [0.4, 0.5) is 5.69 Å². The SMILES string of the molecule is COc1ccc(C(=O)/C=C/c2ccc3c(c2)-c2[nH]c4ccc(C(C)(C)C)cc4c2CC(=O)N3)cc1. The van der Waals surface area contributed by atoms with Gasteiger partial charge in [0, 0.05) is 22.0 Å². The van der Waals surface area contributed by atoms with Crippen LogP contribution >= 0.6 is 0 Å². The van der Waals surface area contributed by atoms with E-state index in [-0.39, 0.29) is 17.1 Å². The van der Waals surface area contributed by atoms with Gasteiger partial charge in [-0.05, 0) is 76.7 Å². The number of H-pyrrole nitrogens is 1. The Labute approximate surface area is 204 Å². The van der Waals surface area contributed by atoms with Gasteiger partial charge in [0.1, 0.15) is 5.75 Å². The first-order chi connectivity index (χ1) is 16.7. The summed E-state index contributed by atoms with van der Waals surface area (Å²) in [5.74, 6) is 0.587. The van der Waals surface area contributed by atoms with Crippen LogP contribution < -0.4 is 10.1 Å². The van der Waals surface area contributed by atoms with Crippen LogP contribution in [-0.4, -0.2) is 23.8 Å². The highest BCUT2D eigenvalue weighted by atomic mass is 16.5. The third-order valence-electron chi connectivity index (χ3n) is 6.50. The summed E-state index contributed by atoms with van der Waals surface area (Å²) < 4.78 is 5.16. The Bertz CT molecular complexity index is 1480. The van der Waals surface area contributed by atoms with Crippen molar-refractivity contribution in [3.05, 3.63) is 89.0 Å². The molecular weight excluding hydrogens is 436 g/mol. The third kappa shape index (κ3) is 4.37. The molecule has 4 aromatic rings. The molecule has 0 saturated carbocycles. The fourth-order valence-electron chi connectivity index (χ4n) is 4.49. The van der Waals surface area contributed by atoms with Gasteiger partial charge in [0.15, 0.2) is 5.78 Å². The van der Waals surface area contributed by atoms with Crippen LogP contribution in [-0.2, 0) is 16.6 Å². The van der Waals surface area contributed by atoms with Gasteiger partial charge in [-0.1, -0.05) is 39.0 Å². The van der Waals surface area contributed by atoms with Gasteiger partial charge in [-0.3, -0.25) is 9.59 Å². The second-order valence-electron chi connectivity index (χ2n) is 9.94. The second-order valence-corrected chi connectivity index (χ2v) is 9.94. The van der Waals surface area contributed by atoms with Crippen molar-refractivity contribution in [2.75, 3.05) is 12.4 Å². The molecule has 0 radical (unpaired) electrons. The van der Waals surface area contributed by atoms with E-state index in [1.807, 2.05) is 18.2 Å². The molecule has 2 heterocycles. The number of benzene rings is 3. The Balaban J connectivity index is 1.54. The lowest BCUT2D eigenvalue weighted by Gasteiger charge is -2.19. The molecule has 0 aliphatic carbocycles. The number of rotatable bonds is 4. The molecule has 1 aliphatic rings. The van der Waals surface area contributed by atoms with E-state index in [2.05, 4.69) is 49.3 Å². The molecule has 1 aliphatic heterocycles. The van der Waals surface area contributed by atoms with Gasteiger partial charge in [-0.15, -0.1) is 0 Å². The van der Waals surface area contributed by atoms with Crippen molar-refractivity contribution in [1.82, 2.24) is 4.98 Å². The summed E-state index contributed by atoms with van der Waals surface area (Å²) in [6.45, 7) is 6.56. The molecule has 0 saturated heterocycles. The number of amides is 1. The monoisotopic (exact) mass is 464 g/mol. The van der Waals surface area contributed by atoms with E-state index in [0.717, 1.165) is 39.0 Å². The van der Waals surface area contributed by atoms with Crippen LogP contribution in [0.3, 0.4) is 0 Å². The molecule has 0 bridgehead atoms. The van der Waals surface area contributed by atoms with Crippen molar-refractivity contribution in [1.29, 1.82) is 0 Å². The average Bonchev–Trinajstić information content (AvgIpc) is 3.13. The molecule has 2 N–H and O–H groups in total. The molecule has 0 unspecified atom stereocenters. The fourth-order valence-corrected chi connectivity index (χ4v) is 4.49. The van der Waals surface area contributed by atoms with Crippen LogP contribution in [0.15, 0.2) is 66.7 Å². The molecule has 5 nitrogen and oxygen atoms in total. The smallest absolute Gasteiger partial charge is 0.228 e. The minimum absolute atomic E-state index is 0.0115. The molecule has 3 aromatic carbocycles. The number of carbonyl (C=O) groups excluding carboxylic acids is 2. The average molecular weight is 465 g/mol.